The molecule has 0 amide bonds. The molecule has 0 bridgehead atoms. The largest absolute Gasteiger partial charge is 0.379 e. The molecule has 0 atom stereocenters. The fraction of sp³-hybridized carbons (Fsp3) is 0.571. The van der Waals surface area contributed by atoms with Crippen LogP contribution in [0.25, 0.3) is 0 Å². The minimum Gasteiger partial charge on any atom is -0.379 e. The van der Waals surface area contributed by atoms with Gasteiger partial charge >= 0.3 is 0 Å². The molecule has 1 aromatic carbocycles. The first-order chi connectivity index (χ1) is 8.07. The quantitative estimate of drug-likeness (QED) is 0.753. The Bertz CT molecular complexity index is 321. The third kappa shape index (κ3) is 5.57. The normalized spacial score (nSPS) is 11.8. The molecule has 1 aromatic rings. The predicted octanol–water partition coefficient (Wildman–Crippen LogP) is 3.31. The van der Waals surface area contributed by atoms with E-state index in [2.05, 4.69) is 43.4 Å². The predicted molar refractivity (Wildman–Crippen MR) is 75.6 cm³/mol. The summed E-state index contributed by atoms with van der Waals surface area (Å²) in [6.45, 7) is 5.19. The molecule has 0 saturated heterocycles. The van der Waals surface area contributed by atoms with E-state index in [1.54, 1.807) is 7.11 Å². The second-order valence-corrected chi connectivity index (χ2v) is 5.90. The van der Waals surface area contributed by atoms with E-state index in [9.17, 15) is 0 Å². The van der Waals surface area contributed by atoms with Crippen LogP contribution in [0.2, 0.25) is 0 Å². The summed E-state index contributed by atoms with van der Waals surface area (Å²) in [5, 5.41) is 3.15. The summed E-state index contributed by atoms with van der Waals surface area (Å²) in [6, 6.07) is 8.74. The molecule has 0 radical (unpaired) electrons. The van der Waals surface area contributed by atoms with Gasteiger partial charge < -0.3 is 10.1 Å². The Morgan fingerprint density at radius 3 is 2.41 bits per heavy atom. The van der Waals surface area contributed by atoms with Crippen molar-refractivity contribution in [2.24, 2.45) is 0 Å². The Morgan fingerprint density at radius 1 is 1.24 bits per heavy atom. The third-order valence-electron chi connectivity index (χ3n) is 2.83. The summed E-state index contributed by atoms with van der Waals surface area (Å²) in [5.41, 5.74) is 1.31. The standard InChI is InChI=1S/C14H23NOS/c1-14(2,16-4)9-10-17-13-7-5-12(6-8-13)11-15-3/h5-8,15H,9-11H2,1-4H3. The average molecular weight is 253 g/mol. The lowest BCUT2D eigenvalue weighted by Gasteiger charge is -2.22. The van der Waals surface area contributed by atoms with Crippen LogP contribution in [0, 0.1) is 0 Å². The maximum atomic E-state index is 5.41. The summed E-state index contributed by atoms with van der Waals surface area (Å²) in [4.78, 5) is 1.33. The van der Waals surface area contributed by atoms with E-state index in [1.807, 2.05) is 18.8 Å². The molecule has 96 valence electrons. The number of thioether (sulfide) groups is 1. The van der Waals surface area contributed by atoms with Crippen LogP contribution in [0.4, 0.5) is 0 Å². The van der Waals surface area contributed by atoms with Crippen LogP contribution in [0.3, 0.4) is 0 Å². The number of hydrogen-bond acceptors (Lipinski definition) is 3. The Morgan fingerprint density at radius 2 is 1.88 bits per heavy atom. The molecule has 1 N–H and O–H groups in total. The summed E-state index contributed by atoms with van der Waals surface area (Å²) < 4.78 is 5.41. The fourth-order valence-electron chi connectivity index (χ4n) is 1.42. The van der Waals surface area contributed by atoms with Gasteiger partial charge in [0.2, 0.25) is 0 Å². The van der Waals surface area contributed by atoms with Crippen LogP contribution in [-0.2, 0) is 11.3 Å². The highest BCUT2D eigenvalue weighted by Gasteiger charge is 2.15. The van der Waals surface area contributed by atoms with Gasteiger partial charge in [-0.15, -0.1) is 11.8 Å². The average Bonchev–Trinajstić information content (AvgIpc) is 2.32. The van der Waals surface area contributed by atoms with Crippen molar-refractivity contribution < 1.29 is 4.74 Å². The molecule has 0 spiro atoms. The summed E-state index contributed by atoms with van der Waals surface area (Å²) in [6.07, 6.45) is 1.06. The first-order valence-electron chi connectivity index (χ1n) is 5.99. The van der Waals surface area contributed by atoms with Gasteiger partial charge in [-0.3, -0.25) is 0 Å². The smallest absolute Gasteiger partial charge is 0.0630 e. The Balaban J connectivity index is 2.37. The minimum absolute atomic E-state index is 0.0148. The van der Waals surface area contributed by atoms with Crippen LogP contribution >= 0.6 is 11.8 Å². The molecular weight excluding hydrogens is 230 g/mol. The van der Waals surface area contributed by atoms with Gasteiger partial charge in [-0.1, -0.05) is 12.1 Å². The molecule has 0 saturated carbocycles. The van der Waals surface area contributed by atoms with Crippen LogP contribution in [0.1, 0.15) is 25.8 Å². The van der Waals surface area contributed by atoms with E-state index in [1.165, 1.54) is 10.5 Å². The number of hydrogen-bond donors (Lipinski definition) is 1. The van der Waals surface area contributed by atoms with E-state index in [0.717, 1.165) is 18.7 Å². The van der Waals surface area contributed by atoms with Crippen molar-refractivity contribution in [3.05, 3.63) is 29.8 Å². The molecule has 2 nitrogen and oxygen atoms in total. The maximum absolute atomic E-state index is 5.41. The zero-order chi connectivity index (χ0) is 12.7. The van der Waals surface area contributed by atoms with Gasteiger partial charge in [0, 0.05) is 24.3 Å². The molecule has 0 unspecified atom stereocenters. The number of benzene rings is 1. The summed E-state index contributed by atoms with van der Waals surface area (Å²) in [5.74, 6) is 1.09. The molecule has 3 heteroatoms. The summed E-state index contributed by atoms with van der Waals surface area (Å²) >= 11 is 1.89. The van der Waals surface area contributed by atoms with Crippen molar-refractivity contribution >= 4 is 11.8 Å². The van der Waals surface area contributed by atoms with Crippen molar-refractivity contribution in [3.8, 4) is 0 Å². The lowest BCUT2D eigenvalue weighted by Crippen LogP contribution is -2.22. The summed E-state index contributed by atoms with van der Waals surface area (Å²) in [7, 11) is 3.74. The van der Waals surface area contributed by atoms with Crippen molar-refractivity contribution in [3.63, 3.8) is 0 Å². The van der Waals surface area contributed by atoms with E-state index in [0.29, 0.717) is 0 Å². The number of rotatable bonds is 7. The van der Waals surface area contributed by atoms with E-state index in [-0.39, 0.29) is 5.60 Å². The Kier molecular flexibility index (Phi) is 6.03. The van der Waals surface area contributed by atoms with Crippen LogP contribution < -0.4 is 5.32 Å². The van der Waals surface area contributed by atoms with Crippen LogP contribution in [0.5, 0.6) is 0 Å². The molecule has 0 aromatic heterocycles. The molecule has 0 aliphatic rings. The molecule has 0 aliphatic carbocycles. The SMILES string of the molecule is CNCc1ccc(SCCC(C)(C)OC)cc1. The van der Waals surface area contributed by atoms with Crippen LogP contribution in [0.15, 0.2) is 29.2 Å². The highest BCUT2D eigenvalue weighted by molar-refractivity contribution is 7.99. The van der Waals surface area contributed by atoms with Crippen LogP contribution in [-0.4, -0.2) is 25.5 Å². The Hall–Kier alpha value is -0.510. The van der Waals surface area contributed by atoms with E-state index < -0.39 is 0 Å². The zero-order valence-corrected chi connectivity index (χ0v) is 12.1. The van der Waals surface area contributed by atoms with Gasteiger partial charge in [0.1, 0.15) is 0 Å². The highest BCUT2D eigenvalue weighted by atomic mass is 32.2. The second-order valence-electron chi connectivity index (χ2n) is 4.74. The fourth-order valence-corrected chi connectivity index (χ4v) is 2.58. The minimum atomic E-state index is -0.0148. The third-order valence-corrected chi connectivity index (χ3v) is 3.84. The monoisotopic (exact) mass is 253 g/mol. The van der Waals surface area contributed by atoms with Gasteiger partial charge in [-0.25, -0.2) is 0 Å². The van der Waals surface area contributed by atoms with Gasteiger partial charge in [-0.2, -0.15) is 0 Å². The van der Waals surface area contributed by atoms with Crippen molar-refractivity contribution in [1.29, 1.82) is 0 Å². The highest BCUT2D eigenvalue weighted by Crippen LogP contribution is 2.23. The molecule has 1 rings (SSSR count). The van der Waals surface area contributed by atoms with Gasteiger partial charge in [-0.05, 0) is 45.0 Å². The topological polar surface area (TPSA) is 21.3 Å². The van der Waals surface area contributed by atoms with Crippen molar-refractivity contribution in [1.82, 2.24) is 5.32 Å². The lowest BCUT2D eigenvalue weighted by atomic mass is 10.1. The zero-order valence-electron chi connectivity index (χ0n) is 11.2. The van der Waals surface area contributed by atoms with Crippen molar-refractivity contribution in [2.75, 3.05) is 19.9 Å². The molecule has 0 aliphatic heterocycles. The molecular formula is C14H23NOS. The molecule has 0 fully saturated rings. The lowest BCUT2D eigenvalue weighted by molar-refractivity contribution is 0.0207. The number of ether oxygens (including phenoxy) is 1. The van der Waals surface area contributed by atoms with E-state index >= 15 is 0 Å². The first-order valence-corrected chi connectivity index (χ1v) is 6.97. The van der Waals surface area contributed by atoms with Gasteiger partial charge in [0.25, 0.3) is 0 Å². The second kappa shape index (κ2) is 7.04. The number of methoxy groups -OCH3 is 1. The number of nitrogens with one attached hydrogen (secondary N) is 1. The van der Waals surface area contributed by atoms with Crippen molar-refractivity contribution in [2.45, 2.75) is 37.3 Å². The van der Waals surface area contributed by atoms with Gasteiger partial charge in [0.15, 0.2) is 0 Å². The maximum Gasteiger partial charge on any atom is 0.0630 e. The van der Waals surface area contributed by atoms with Gasteiger partial charge in [0.05, 0.1) is 5.60 Å². The first kappa shape index (κ1) is 14.6. The molecule has 17 heavy (non-hydrogen) atoms. The molecule has 0 heterocycles. The Labute approximate surface area is 109 Å². The van der Waals surface area contributed by atoms with E-state index in [4.69, 9.17) is 4.74 Å².